The molecular formula is C18H30N2. The first-order valence-corrected chi connectivity index (χ1v) is 8.32. The van der Waals surface area contributed by atoms with Crippen molar-refractivity contribution in [1.29, 1.82) is 0 Å². The van der Waals surface area contributed by atoms with Crippen LogP contribution in [0.2, 0.25) is 0 Å². The molecule has 1 fully saturated rings. The summed E-state index contributed by atoms with van der Waals surface area (Å²) in [5.41, 5.74) is 2.82. The van der Waals surface area contributed by atoms with Crippen LogP contribution in [0.15, 0.2) is 24.3 Å². The van der Waals surface area contributed by atoms with Gasteiger partial charge in [-0.2, -0.15) is 0 Å². The van der Waals surface area contributed by atoms with Gasteiger partial charge in [-0.3, -0.25) is 0 Å². The molecule has 0 amide bonds. The average molecular weight is 274 g/mol. The lowest BCUT2D eigenvalue weighted by Crippen LogP contribution is -2.38. The molecule has 1 atom stereocenters. The number of nitrogens with one attached hydrogen (secondary N) is 1. The Kier molecular flexibility index (Phi) is 6.55. The second-order valence-electron chi connectivity index (χ2n) is 6.08. The summed E-state index contributed by atoms with van der Waals surface area (Å²) < 4.78 is 0. The molecule has 112 valence electrons. The van der Waals surface area contributed by atoms with Crippen molar-refractivity contribution in [2.75, 3.05) is 19.6 Å². The van der Waals surface area contributed by atoms with Crippen molar-refractivity contribution >= 4 is 0 Å². The van der Waals surface area contributed by atoms with Crippen LogP contribution in [0.1, 0.15) is 50.7 Å². The number of hydrogen-bond donors (Lipinski definition) is 1. The fourth-order valence-electron chi connectivity index (χ4n) is 3.02. The summed E-state index contributed by atoms with van der Waals surface area (Å²) in [6, 6.07) is 9.78. The molecule has 1 aliphatic heterocycles. The van der Waals surface area contributed by atoms with Crippen LogP contribution in [0.4, 0.5) is 0 Å². The Bertz CT molecular complexity index is 372. The van der Waals surface area contributed by atoms with E-state index in [2.05, 4.69) is 48.3 Å². The molecule has 2 nitrogen and oxygen atoms in total. The maximum atomic E-state index is 3.57. The van der Waals surface area contributed by atoms with E-state index in [1.165, 1.54) is 49.9 Å². The van der Waals surface area contributed by atoms with Gasteiger partial charge in [-0.05, 0) is 63.4 Å². The molecule has 0 bridgehead atoms. The van der Waals surface area contributed by atoms with Crippen LogP contribution < -0.4 is 5.32 Å². The molecule has 1 heterocycles. The van der Waals surface area contributed by atoms with E-state index in [1.807, 2.05) is 0 Å². The molecule has 1 saturated heterocycles. The topological polar surface area (TPSA) is 15.3 Å². The highest BCUT2D eigenvalue weighted by Crippen LogP contribution is 2.16. The van der Waals surface area contributed by atoms with Crippen LogP contribution in [0.25, 0.3) is 0 Å². The first kappa shape index (κ1) is 15.5. The molecule has 2 heteroatoms. The second kappa shape index (κ2) is 8.43. The highest BCUT2D eigenvalue weighted by atomic mass is 15.2. The van der Waals surface area contributed by atoms with Gasteiger partial charge < -0.3 is 10.2 Å². The molecule has 2 rings (SSSR count). The zero-order chi connectivity index (χ0) is 14.2. The van der Waals surface area contributed by atoms with Gasteiger partial charge in [0.2, 0.25) is 0 Å². The van der Waals surface area contributed by atoms with Crippen molar-refractivity contribution in [1.82, 2.24) is 10.2 Å². The highest BCUT2D eigenvalue weighted by molar-refractivity contribution is 5.22. The van der Waals surface area contributed by atoms with Crippen molar-refractivity contribution in [2.24, 2.45) is 0 Å². The minimum absolute atomic E-state index is 0.797. The molecule has 1 aromatic carbocycles. The van der Waals surface area contributed by atoms with Gasteiger partial charge in [0, 0.05) is 12.6 Å². The van der Waals surface area contributed by atoms with Crippen LogP contribution >= 0.6 is 0 Å². The Morgan fingerprint density at radius 1 is 1.15 bits per heavy atom. The summed E-state index contributed by atoms with van der Waals surface area (Å²) in [6.07, 6.45) is 6.58. The van der Waals surface area contributed by atoms with Crippen molar-refractivity contribution in [2.45, 2.75) is 58.5 Å². The zero-order valence-electron chi connectivity index (χ0n) is 13.2. The molecule has 0 aliphatic carbocycles. The van der Waals surface area contributed by atoms with E-state index in [9.17, 15) is 0 Å². The standard InChI is InChI=1S/C18H30N2/c1-3-17-8-10-18(11-9-17)15-19-12-6-14-20-13-5-4-7-16(20)2/h8-11,16,19H,3-7,12-15H2,1-2H3. The minimum atomic E-state index is 0.797. The molecule has 0 aromatic heterocycles. The van der Waals surface area contributed by atoms with Gasteiger partial charge in [0.1, 0.15) is 0 Å². The number of likely N-dealkylation sites (tertiary alicyclic amines) is 1. The third-order valence-electron chi connectivity index (χ3n) is 4.50. The number of piperidine rings is 1. The van der Waals surface area contributed by atoms with Gasteiger partial charge in [0.05, 0.1) is 0 Å². The van der Waals surface area contributed by atoms with E-state index < -0.39 is 0 Å². The average Bonchev–Trinajstić information content (AvgIpc) is 2.49. The van der Waals surface area contributed by atoms with Crippen molar-refractivity contribution in [3.8, 4) is 0 Å². The quantitative estimate of drug-likeness (QED) is 0.764. The summed E-state index contributed by atoms with van der Waals surface area (Å²) in [6.45, 7) is 9.26. The van der Waals surface area contributed by atoms with Crippen LogP contribution in [0, 0.1) is 0 Å². The predicted octanol–water partition coefficient (Wildman–Crippen LogP) is 3.60. The first-order valence-electron chi connectivity index (χ1n) is 8.32. The van der Waals surface area contributed by atoms with E-state index in [1.54, 1.807) is 0 Å². The van der Waals surface area contributed by atoms with Crippen LogP contribution in [0.5, 0.6) is 0 Å². The lowest BCUT2D eigenvalue weighted by molar-refractivity contribution is 0.159. The molecule has 20 heavy (non-hydrogen) atoms. The summed E-state index contributed by atoms with van der Waals surface area (Å²) in [4.78, 5) is 2.65. The van der Waals surface area contributed by atoms with Gasteiger partial charge >= 0.3 is 0 Å². The van der Waals surface area contributed by atoms with E-state index >= 15 is 0 Å². The van der Waals surface area contributed by atoms with Crippen LogP contribution in [-0.2, 0) is 13.0 Å². The molecule has 1 aromatic rings. The Morgan fingerprint density at radius 2 is 1.90 bits per heavy atom. The second-order valence-corrected chi connectivity index (χ2v) is 6.08. The maximum absolute atomic E-state index is 3.57. The van der Waals surface area contributed by atoms with Gasteiger partial charge in [-0.15, -0.1) is 0 Å². The van der Waals surface area contributed by atoms with Gasteiger partial charge in [0.25, 0.3) is 0 Å². The molecule has 0 radical (unpaired) electrons. The minimum Gasteiger partial charge on any atom is -0.313 e. The third-order valence-corrected chi connectivity index (χ3v) is 4.50. The molecule has 1 N–H and O–H groups in total. The van der Waals surface area contributed by atoms with Crippen molar-refractivity contribution in [3.05, 3.63) is 35.4 Å². The summed E-state index contributed by atoms with van der Waals surface area (Å²) in [5.74, 6) is 0. The number of rotatable bonds is 7. The number of hydrogen-bond acceptors (Lipinski definition) is 2. The van der Waals surface area contributed by atoms with Crippen molar-refractivity contribution < 1.29 is 0 Å². The van der Waals surface area contributed by atoms with E-state index in [0.717, 1.165) is 25.6 Å². The normalized spacial score (nSPS) is 20.2. The third kappa shape index (κ3) is 4.92. The number of benzene rings is 1. The smallest absolute Gasteiger partial charge is 0.0205 e. The maximum Gasteiger partial charge on any atom is 0.0205 e. The summed E-state index contributed by atoms with van der Waals surface area (Å²) in [7, 11) is 0. The van der Waals surface area contributed by atoms with Crippen LogP contribution in [0.3, 0.4) is 0 Å². The number of aryl methyl sites for hydroxylation is 1. The van der Waals surface area contributed by atoms with Gasteiger partial charge in [0.15, 0.2) is 0 Å². The fourth-order valence-corrected chi connectivity index (χ4v) is 3.02. The molecule has 1 unspecified atom stereocenters. The molecule has 0 saturated carbocycles. The lowest BCUT2D eigenvalue weighted by atomic mass is 10.0. The van der Waals surface area contributed by atoms with Crippen molar-refractivity contribution in [3.63, 3.8) is 0 Å². The lowest BCUT2D eigenvalue weighted by Gasteiger charge is -2.33. The Morgan fingerprint density at radius 3 is 2.60 bits per heavy atom. The highest BCUT2D eigenvalue weighted by Gasteiger charge is 2.16. The fraction of sp³-hybridized carbons (Fsp3) is 0.667. The molecule has 1 aliphatic rings. The van der Waals surface area contributed by atoms with E-state index in [-0.39, 0.29) is 0 Å². The first-order chi connectivity index (χ1) is 9.79. The van der Waals surface area contributed by atoms with E-state index in [0.29, 0.717) is 0 Å². The van der Waals surface area contributed by atoms with Gasteiger partial charge in [-0.25, -0.2) is 0 Å². The number of nitrogens with zero attached hydrogens (tertiary/aromatic N) is 1. The Balaban J connectivity index is 1.58. The summed E-state index contributed by atoms with van der Waals surface area (Å²) >= 11 is 0. The summed E-state index contributed by atoms with van der Waals surface area (Å²) in [5, 5.41) is 3.57. The Labute approximate surface area is 124 Å². The molecule has 0 spiro atoms. The monoisotopic (exact) mass is 274 g/mol. The SMILES string of the molecule is CCc1ccc(CNCCCN2CCCCC2C)cc1. The predicted molar refractivity (Wildman–Crippen MR) is 87.0 cm³/mol. The zero-order valence-corrected chi connectivity index (χ0v) is 13.2. The molecular weight excluding hydrogens is 244 g/mol. The van der Waals surface area contributed by atoms with Gasteiger partial charge in [-0.1, -0.05) is 37.6 Å². The van der Waals surface area contributed by atoms with E-state index in [4.69, 9.17) is 0 Å². The Hall–Kier alpha value is -0.860. The largest absolute Gasteiger partial charge is 0.313 e. The van der Waals surface area contributed by atoms with Crippen LogP contribution in [-0.4, -0.2) is 30.6 Å².